The largest absolute Gasteiger partial charge is 0.466 e. The van der Waals surface area contributed by atoms with Crippen molar-refractivity contribution in [1.29, 1.82) is 0 Å². The van der Waals surface area contributed by atoms with Crippen LogP contribution in [-0.4, -0.2) is 44.5 Å². The number of hydrogen-bond donors (Lipinski definition) is 2. The number of rotatable bonds is 7. The Kier molecular flexibility index (Phi) is 15.7. The van der Waals surface area contributed by atoms with Gasteiger partial charge in [-0.25, -0.2) is 0 Å². The van der Waals surface area contributed by atoms with Crippen molar-refractivity contribution < 1.29 is 19.1 Å². The van der Waals surface area contributed by atoms with Crippen molar-refractivity contribution in [1.82, 2.24) is 5.32 Å². The molecule has 1 N–H and O–H groups in total. The van der Waals surface area contributed by atoms with Crippen molar-refractivity contribution in [2.45, 2.75) is 20.3 Å². The first-order valence-electron chi connectivity index (χ1n) is 5.17. The third-order valence-electron chi connectivity index (χ3n) is 1.39. The molecule has 0 saturated carbocycles. The summed E-state index contributed by atoms with van der Waals surface area (Å²) in [5.41, 5.74) is 0. The lowest BCUT2D eigenvalue weighted by Crippen LogP contribution is -2.27. The summed E-state index contributed by atoms with van der Waals surface area (Å²) in [7, 11) is 0. The predicted molar refractivity (Wildman–Crippen MR) is 65.7 cm³/mol. The van der Waals surface area contributed by atoms with E-state index in [1.165, 1.54) is 0 Å². The quantitative estimate of drug-likeness (QED) is 0.395. The van der Waals surface area contributed by atoms with Crippen molar-refractivity contribution >= 4 is 24.6 Å². The van der Waals surface area contributed by atoms with Gasteiger partial charge >= 0.3 is 11.9 Å². The molecule has 0 aliphatic rings. The third kappa shape index (κ3) is 13.2. The molecule has 0 rings (SSSR count). The second kappa shape index (κ2) is 14.2. The van der Waals surface area contributed by atoms with Crippen LogP contribution in [-0.2, 0) is 19.1 Å². The van der Waals surface area contributed by atoms with Gasteiger partial charge < -0.3 is 14.8 Å². The highest BCUT2D eigenvalue weighted by Crippen LogP contribution is 1.84. The van der Waals surface area contributed by atoms with E-state index < -0.39 is 0 Å². The van der Waals surface area contributed by atoms with Gasteiger partial charge in [0.25, 0.3) is 0 Å². The summed E-state index contributed by atoms with van der Waals surface area (Å²) in [6.07, 6.45) is 1.97. The number of hydrogen-bond acceptors (Lipinski definition) is 6. The maximum Gasteiger partial charge on any atom is 0.319 e. The van der Waals surface area contributed by atoms with E-state index in [1.54, 1.807) is 20.1 Å². The van der Waals surface area contributed by atoms with Crippen molar-refractivity contribution in [3.63, 3.8) is 0 Å². The summed E-state index contributed by atoms with van der Waals surface area (Å²) in [5.74, 6) is -0.569. The maximum atomic E-state index is 10.8. The standard InChI is InChI=1S/C9H17NO4.CH4S/c1-3-13-8(11)5-6-10-7-9(12)14-4-2;1-2/h10H,3-7H2,1-2H3;2H,1H3. The molecule has 0 aliphatic heterocycles. The number of ether oxygens (including phenoxy) is 2. The Bertz CT molecular complexity index is 168. The monoisotopic (exact) mass is 251 g/mol. The molecular formula is C10H21NO4S. The summed E-state index contributed by atoms with van der Waals surface area (Å²) in [6, 6.07) is 0. The van der Waals surface area contributed by atoms with Gasteiger partial charge in [-0.05, 0) is 20.1 Å². The Labute approximate surface area is 102 Å². The number of thiol groups is 1. The Morgan fingerprint density at radius 2 is 1.56 bits per heavy atom. The zero-order valence-corrected chi connectivity index (χ0v) is 11.0. The van der Waals surface area contributed by atoms with E-state index in [4.69, 9.17) is 4.74 Å². The molecule has 0 spiro atoms. The Balaban J connectivity index is 0. The molecule has 16 heavy (non-hydrogen) atoms. The Hall–Kier alpha value is -0.750. The molecule has 96 valence electrons. The first-order valence-corrected chi connectivity index (χ1v) is 6.06. The topological polar surface area (TPSA) is 64.6 Å². The van der Waals surface area contributed by atoms with Gasteiger partial charge in [-0.1, -0.05) is 0 Å². The molecule has 0 amide bonds. The minimum atomic E-state index is -0.309. The highest BCUT2D eigenvalue weighted by molar-refractivity contribution is 7.79. The molecule has 0 bridgehead atoms. The molecule has 5 nitrogen and oxygen atoms in total. The van der Waals surface area contributed by atoms with Gasteiger partial charge in [-0.3, -0.25) is 9.59 Å². The third-order valence-corrected chi connectivity index (χ3v) is 1.39. The molecule has 0 radical (unpaired) electrons. The molecule has 0 atom stereocenters. The Morgan fingerprint density at radius 3 is 2.06 bits per heavy atom. The summed E-state index contributed by atoms with van der Waals surface area (Å²) < 4.78 is 9.38. The number of nitrogens with one attached hydrogen (secondary N) is 1. The average molecular weight is 251 g/mol. The van der Waals surface area contributed by atoms with Gasteiger partial charge in [-0.15, -0.1) is 0 Å². The van der Waals surface area contributed by atoms with Gasteiger partial charge in [0.1, 0.15) is 0 Å². The first kappa shape index (κ1) is 17.6. The van der Waals surface area contributed by atoms with Crippen molar-refractivity contribution in [2.75, 3.05) is 32.6 Å². The molecule has 0 aliphatic carbocycles. The van der Waals surface area contributed by atoms with Crippen LogP contribution in [0.2, 0.25) is 0 Å². The molecule has 6 heteroatoms. The van der Waals surface area contributed by atoms with Crippen LogP contribution in [0.15, 0.2) is 0 Å². The van der Waals surface area contributed by atoms with E-state index >= 15 is 0 Å². The zero-order valence-electron chi connectivity index (χ0n) is 10.1. The molecule has 0 saturated heterocycles. The number of esters is 2. The fourth-order valence-electron chi connectivity index (χ4n) is 0.826. The van der Waals surface area contributed by atoms with Crippen LogP contribution in [0.4, 0.5) is 0 Å². The summed E-state index contributed by atoms with van der Waals surface area (Å²) in [6.45, 7) is 4.82. The maximum absolute atomic E-state index is 10.8. The summed E-state index contributed by atoms with van der Waals surface area (Å²) >= 11 is 3.53. The van der Waals surface area contributed by atoms with Crippen molar-refractivity contribution in [2.24, 2.45) is 0 Å². The van der Waals surface area contributed by atoms with E-state index in [9.17, 15) is 9.59 Å². The van der Waals surface area contributed by atoms with Crippen LogP contribution < -0.4 is 5.32 Å². The Morgan fingerprint density at radius 1 is 1.06 bits per heavy atom. The lowest BCUT2D eigenvalue weighted by atomic mass is 10.4. The van der Waals surface area contributed by atoms with E-state index in [0.29, 0.717) is 19.8 Å². The van der Waals surface area contributed by atoms with Gasteiger partial charge in [0, 0.05) is 6.54 Å². The van der Waals surface area contributed by atoms with Gasteiger partial charge in [-0.2, -0.15) is 12.6 Å². The molecule has 0 aromatic rings. The van der Waals surface area contributed by atoms with Crippen LogP contribution in [0.25, 0.3) is 0 Å². The van der Waals surface area contributed by atoms with Gasteiger partial charge in [0.05, 0.1) is 26.2 Å². The van der Waals surface area contributed by atoms with Crippen molar-refractivity contribution in [3.05, 3.63) is 0 Å². The molecule has 0 aromatic heterocycles. The second-order valence-corrected chi connectivity index (χ2v) is 2.54. The molecule has 0 fully saturated rings. The lowest BCUT2D eigenvalue weighted by molar-refractivity contribution is -0.144. The first-order chi connectivity index (χ1) is 7.70. The van der Waals surface area contributed by atoms with Gasteiger partial charge in [0.15, 0.2) is 0 Å². The van der Waals surface area contributed by atoms with E-state index in [1.807, 2.05) is 0 Å². The van der Waals surface area contributed by atoms with Crippen LogP contribution in [0.3, 0.4) is 0 Å². The predicted octanol–water partition coefficient (Wildman–Crippen LogP) is 0.638. The SMILES string of the molecule is CCOC(=O)CCNCC(=O)OCC.CS. The summed E-state index contributed by atoms with van der Waals surface area (Å²) in [4.78, 5) is 21.6. The summed E-state index contributed by atoms with van der Waals surface area (Å²) in [5, 5.41) is 2.78. The van der Waals surface area contributed by atoms with Crippen LogP contribution >= 0.6 is 12.6 Å². The number of carbonyl (C=O) groups excluding carboxylic acids is 2. The molecule has 0 heterocycles. The van der Waals surface area contributed by atoms with Crippen molar-refractivity contribution in [3.8, 4) is 0 Å². The van der Waals surface area contributed by atoms with Crippen LogP contribution in [0.5, 0.6) is 0 Å². The number of carbonyl (C=O) groups is 2. The van der Waals surface area contributed by atoms with Gasteiger partial charge in [0.2, 0.25) is 0 Å². The lowest BCUT2D eigenvalue weighted by Gasteiger charge is -2.04. The highest BCUT2D eigenvalue weighted by Gasteiger charge is 2.03. The normalized spacial score (nSPS) is 8.75. The fourth-order valence-corrected chi connectivity index (χ4v) is 0.826. The van der Waals surface area contributed by atoms with Crippen LogP contribution in [0.1, 0.15) is 20.3 Å². The minimum Gasteiger partial charge on any atom is -0.466 e. The zero-order chi connectivity index (χ0) is 12.8. The average Bonchev–Trinajstić information content (AvgIpc) is 2.28. The molecule has 0 aromatic carbocycles. The van der Waals surface area contributed by atoms with E-state index in [2.05, 4.69) is 22.7 Å². The highest BCUT2D eigenvalue weighted by atomic mass is 32.1. The van der Waals surface area contributed by atoms with E-state index in [0.717, 1.165) is 0 Å². The molecule has 0 unspecified atom stereocenters. The second-order valence-electron chi connectivity index (χ2n) is 2.54. The fraction of sp³-hybridized carbons (Fsp3) is 0.800. The van der Waals surface area contributed by atoms with Crippen LogP contribution in [0, 0.1) is 0 Å². The smallest absolute Gasteiger partial charge is 0.319 e. The molecular weight excluding hydrogens is 230 g/mol. The van der Waals surface area contributed by atoms with E-state index in [-0.39, 0.29) is 24.9 Å². The minimum absolute atomic E-state index is 0.132.